The molecular formula is C16H23N3O2. The van der Waals surface area contributed by atoms with E-state index in [1.54, 1.807) is 18.3 Å². The average molecular weight is 289 g/mol. The summed E-state index contributed by atoms with van der Waals surface area (Å²) in [5.74, 6) is -0.109. The van der Waals surface area contributed by atoms with Gasteiger partial charge in [0.1, 0.15) is 5.56 Å². The van der Waals surface area contributed by atoms with E-state index < -0.39 is 0 Å². The van der Waals surface area contributed by atoms with Crippen molar-refractivity contribution >= 4 is 5.91 Å². The minimum Gasteiger partial charge on any atom is -0.334 e. The van der Waals surface area contributed by atoms with Crippen LogP contribution in [0.15, 0.2) is 23.1 Å². The van der Waals surface area contributed by atoms with E-state index in [9.17, 15) is 9.59 Å². The quantitative estimate of drug-likeness (QED) is 0.851. The van der Waals surface area contributed by atoms with E-state index in [0.29, 0.717) is 6.04 Å². The molecule has 0 radical (unpaired) electrons. The Morgan fingerprint density at radius 1 is 1.19 bits per heavy atom. The Kier molecular flexibility index (Phi) is 4.10. The molecule has 1 aromatic rings. The second kappa shape index (κ2) is 6.02. The molecule has 5 nitrogen and oxygen atoms in total. The molecule has 1 aromatic heterocycles. The number of aromatic nitrogens is 1. The first kappa shape index (κ1) is 14.3. The predicted octanol–water partition coefficient (Wildman–Crippen LogP) is 1.46. The maximum absolute atomic E-state index is 12.8. The number of likely N-dealkylation sites (N-methyl/N-ethyl adjacent to an activating group) is 1. The van der Waals surface area contributed by atoms with Crippen LogP contribution in [0.25, 0.3) is 0 Å². The minimum absolute atomic E-state index is 0.109. The lowest BCUT2D eigenvalue weighted by Crippen LogP contribution is -2.55. The molecule has 2 saturated heterocycles. The third-order valence-electron chi connectivity index (χ3n) is 4.88. The average Bonchev–Trinajstić information content (AvgIpc) is 2.69. The van der Waals surface area contributed by atoms with Crippen molar-refractivity contribution < 1.29 is 4.79 Å². The van der Waals surface area contributed by atoms with Crippen LogP contribution >= 0.6 is 0 Å². The van der Waals surface area contributed by atoms with Gasteiger partial charge in [0.15, 0.2) is 0 Å². The molecule has 0 aliphatic carbocycles. The maximum atomic E-state index is 12.8. The smallest absolute Gasteiger partial charge is 0.260 e. The Morgan fingerprint density at radius 2 is 2.00 bits per heavy atom. The van der Waals surface area contributed by atoms with Crippen LogP contribution in [-0.4, -0.2) is 52.9 Å². The molecule has 0 saturated carbocycles. The molecule has 2 aliphatic rings. The van der Waals surface area contributed by atoms with Crippen LogP contribution in [0.5, 0.6) is 0 Å². The number of carbonyl (C=O) groups excluding carboxylic acids is 1. The molecule has 5 heteroatoms. The van der Waals surface area contributed by atoms with Gasteiger partial charge in [-0.25, -0.2) is 0 Å². The molecule has 1 N–H and O–H groups in total. The summed E-state index contributed by atoms with van der Waals surface area (Å²) in [4.78, 5) is 31.6. The third-order valence-corrected chi connectivity index (χ3v) is 4.88. The van der Waals surface area contributed by atoms with Crippen molar-refractivity contribution in [3.05, 3.63) is 34.2 Å². The van der Waals surface area contributed by atoms with E-state index in [1.165, 1.54) is 6.42 Å². The summed E-state index contributed by atoms with van der Waals surface area (Å²) >= 11 is 0. The van der Waals surface area contributed by atoms with Crippen LogP contribution in [0.4, 0.5) is 0 Å². The number of hydrogen-bond acceptors (Lipinski definition) is 3. The molecule has 0 aromatic carbocycles. The van der Waals surface area contributed by atoms with E-state index in [1.807, 2.05) is 4.90 Å². The molecule has 0 bridgehead atoms. The highest BCUT2D eigenvalue weighted by molar-refractivity contribution is 5.94. The first-order valence-corrected chi connectivity index (χ1v) is 7.87. The van der Waals surface area contributed by atoms with Crippen LogP contribution in [0, 0.1) is 0 Å². The Morgan fingerprint density at radius 3 is 2.81 bits per heavy atom. The fourth-order valence-corrected chi connectivity index (χ4v) is 3.78. The van der Waals surface area contributed by atoms with Gasteiger partial charge in [-0.05, 0) is 51.4 Å². The number of H-pyrrole nitrogens is 1. The van der Waals surface area contributed by atoms with E-state index in [0.717, 1.165) is 38.8 Å². The van der Waals surface area contributed by atoms with Crippen LogP contribution in [0.3, 0.4) is 0 Å². The van der Waals surface area contributed by atoms with Crippen LogP contribution in [0.1, 0.15) is 42.5 Å². The zero-order valence-corrected chi connectivity index (χ0v) is 12.5. The number of hydrogen-bond donors (Lipinski definition) is 1. The largest absolute Gasteiger partial charge is 0.334 e. The van der Waals surface area contributed by atoms with Gasteiger partial charge in [0, 0.05) is 24.8 Å². The molecule has 2 atom stereocenters. The highest BCUT2D eigenvalue weighted by atomic mass is 16.2. The highest BCUT2D eigenvalue weighted by Crippen LogP contribution is 2.29. The Balaban J connectivity index is 1.88. The van der Waals surface area contributed by atoms with E-state index in [2.05, 4.69) is 16.9 Å². The summed E-state index contributed by atoms with van der Waals surface area (Å²) in [5, 5.41) is 0. The van der Waals surface area contributed by atoms with Crippen molar-refractivity contribution in [3.63, 3.8) is 0 Å². The number of rotatable bonds is 1. The SMILES string of the molecule is CN1CCCC[C@@H]2[C@H]1CCCN2C(=O)c1ccc[nH]c1=O. The fraction of sp³-hybridized carbons (Fsp3) is 0.625. The Bertz CT molecular complexity index is 569. The maximum Gasteiger partial charge on any atom is 0.260 e. The number of nitrogens with zero attached hydrogens (tertiary/aromatic N) is 2. The number of amides is 1. The molecule has 2 aliphatic heterocycles. The van der Waals surface area contributed by atoms with Gasteiger partial charge in [-0.2, -0.15) is 0 Å². The van der Waals surface area contributed by atoms with Gasteiger partial charge in [-0.3, -0.25) is 9.59 Å². The zero-order chi connectivity index (χ0) is 14.8. The Labute approximate surface area is 124 Å². The minimum atomic E-state index is -0.286. The van der Waals surface area contributed by atoms with Crippen LogP contribution in [-0.2, 0) is 0 Å². The van der Waals surface area contributed by atoms with E-state index >= 15 is 0 Å². The van der Waals surface area contributed by atoms with Crippen molar-refractivity contribution in [1.29, 1.82) is 0 Å². The fourth-order valence-electron chi connectivity index (χ4n) is 3.78. The summed E-state index contributed by atoms with van der Waals surface area (Å²) < 4.78 is 0. The molecule has 0 unspecified atom stereocenters. The molecule has 21 heavy (non-hydrogen) atoms. The number of piperidine rings is 1. The summed E-state index contributed by atoms with van der Waals surface area (Å²) in [5.41, 5.74) is -0.0170. The monoisotopic (exact) mass is 289 g/mol. The lowest BCUT2D eigenvalue weighted by Gasteiger charge is -2.43. The Hall–Kier alpha value is -1.62. The number of nitrogens with one attached hydrogen (secondary N) is 1. The van der Waals surface area contributed by atoms with Crippen molar-refractivity contribution in [2.75, 3.05) is 20.1 Å². The van der Waals surface area contributed by atoms with E-state index in [4.69, 9.17) is 0 Å². The third kappa shape index (κ3) is 2.75. The van der Waals surface area contributed by atoms with Crippen LogP contribution < -0.4 is 5.56 Å². The van der Waals surface area contributed by atoms with Crippen molar-refractivity contribution in [2.45, 2.75) is 44.2 Å². The zero-order valence-electron chi connectivity index (χ0n) is 12.5. The topological polar surface area (TPSA) is 56.4 Å². The van der Waals surface area contributed by atoms with Crippen molar-refractivity contribution in [3.8, 4) is 0 Å². The lowest BCUT2D eigenvalue weighted by atomic mass is 9.92. The number of aromatic amines is 1. The van der Waals surface area contributed by atoms with Gasteiger partial charge in [0.05, 0.1) is 0 Å². The predicted molar refractivity (Wildman–Crippen MR) is 81.4 cm³/mol. The molecule has 1 amide bonds. The molecular weight excluding hydrogens is 266 g/mol. The van der Waals surface area contributed by atoms with Crippen LogP contribution in [0.2, 0.25) is 0 Å². The van der Waals surface area contributed by atoms with Gasteiger partial charge in [-0.15, -0.1) is 0 Å². The second-order valence-electron chi connectivity index (χ2n) is 6.16. The summed E-state index contributed by atoms with van der Waals surface area (Å²) in [6.07, 6.45) is 7.12. The number of likely N-dealkylation sites (tertiary alicyclic amines) is 2. The molecule has 2 fully saturated rings. The summed E-state index contributed by atoms with van der Waals surface area (Å²) in [6.45, 7) is 1.87. The summed E-state index contributed by atoms with van der Waals surface area (Å²) in [6, 6.07) is 4.03. The van der Waals surface area contributed by atoms with Gasteiger partial charge in [-0.1, -0.05) is 6.42 Å². The van der Waals surface area contributed by atoms with Crippen molar-refractivity contribution in [1.82, 2.24) is 14.8 Å². The number of carbonyl (C=O) groups is 1. The van der Waals surface area contributed by atoms with Gasteiger partial charge < -0.3 is 14.8 Å². The van der Waals surface area contributed by atoms with E-state index in [-0.39, 0.29) is 23.1 Å². The first-order chi connectivity index (χ1) is 10.2. The van der Waals surface area contributed by atoms with Gasteiger partial charge >= 0.3 is 0 Å². The first-order valence-electron chi connectivity index (χ1n) is 7.87. The standard InChI is InChI=1S/C16H23N3O2/c1-18-10-3-2-7-14-13(18)8-5-11-19(14)16(21)12-6-4-9-17-15(12)20/h4,6,9,13-14H,2-3,5,7-8,10-11H2,1H3,(H,17,20)/t13-,14-/m1/s1. The lowest BCUT2D eigenvalue weighted by molar-refractivity contribution is 0.0393. The highest BCUT2D eigenvalue weighted by Gasteiger charge is 2.37. The van der Waals surface area contributed by atoms with Crippen molar-refractivity contribution in [2.24, 2.45) is 0 Å². The normalized spacial score (nSPS) is 27.0. The molecule has 0 spiro atoms. The number of pyridine rings is 1. The van der Waals surface area contributed by atoms with Gasteiger partial charge in [0.25, 0.3) is 11.5 Å². The van der Waals surface area contributed by atoms with Gasteiger partial charge in [0.2, 0.25) is 0 Å². The molecule has 3 rings (SSSR count). The second-order valence-corrected chi connectivity index (χ2v) is 6.16. The summed E-state index contributed by atoms with van der Waals surface area (Å²) in [7, 11) is 2.16. The molecule has 114 valence electrons. The molecule has 3 heterocycles. The number of fused-ring (bicyclic) bond motifs is 1.